The third kappa shape index (κ3) is 4.67. The maximum atomic E-state index is 5.38. The molecule has 0 unspecified atom stereocenters. The van der Waals surface area contributed by atoms with Crippen molar-refractivity contribution < 1.29 is 4.74 Å². The first kappa shape index (κ1) is 15.7. The number of nitrogens with zero attached hydrogens (tertiary/aromatic N) is 2. The summed E-state index contributed by atoms with van der Waals surface area (Å²) in [6.45, 7) is 9.63. The van der Waals surface area contributed by atoms with Crippen LogP contribution in [0.1, 0.15) is 46.4 Å². The van der Waals surface area contributed by atoms with Gasteiger partial charge in [0.25, 0.3) is 0 Å². The van der Waals surface area contributed by atoms with Crippen molar-refractivity contribution in [3.8, 4) is 0 Å². The van der Waals surface area contributed by atoms with E-state index in [1.807, 2.05) is 20.0 Å². The van der Waals surface area contributed by atoms with Crippen LogP contribution in [0.2, 0.25) is 0 Å². The van der Waals surface area contributed by atoms with Gasteiger partial charge in [-0.3, -0.25) is 0 Å². The first-order valence-electron chi connectivity index (χ1n) is 6.98. The standard InChI is InChI=1S/C14H26N4O/c1-6-14(4,7-2)18-12-9-11(15-5)16-13(17-12)10-19-8-3/h9H,6-8,10H2,1-5H3,(H2,15,16,17,18). The molecule has 0 aliphatic carbocycles. The minimum atomic E-state index is 0.0578. The van der Waals surface area contributed by atoms with Gasteiger partial charge in [-0.1, -0.05) is 13.8 Å². The van der Waals surface area contributed by atoms with Gasteiger partial charge >= 0.3 is 0 Å². The molecule has 1 heterocycles. The SMILES string of the molecule is CCOCc1nc(NC)cc(NC(C)(CC)CC)n1. The van der Waals surface area contributed by atoms with Crippen LogP contribution in [0.3, 0.4) is 0 Å². The molecule has 0 bridgehead atoms. The van der Waals surface area contributed by atoms with Crippen molar-refractivity contribution in [1.29, 1.82) is 0 Å². The largest absolute Gasteiger partial charge is 0.374 e. The molecule has 2 N–H and O–H groups in total. The highest BCUT2D eigenvalue weighted by molar-refractivity contribution is 5.48. The number of rotatable bonds is 8. The highest BCUT2D eigenvalue weighted by Crippen LogP contribution is 2.22. The summed E-state index contributed by atoms with van der Waals surface area (Å²) in [4.78, 5) is 8.90. The van der Waals surface area contributed by atoms with E-state index in [9.17, 15) is 0 Å². The quantitative estimate of drug-likeness (QED) is 0.757. The Labute approximate surface area is 116 Å². The zero-order valence-electron chi connectivity index (χ0n) is 12.7. The molecule has 0 spiro atoms. The summed E-state index contributed by atoms with van der Waals surface area (Å²) in [5.74, 6) is 2.35. The molecule has 0 aliphatic heterocycles. The van der Waals surface area contributed by atoms with Crippen molar-refractivity contribution in [2.75, 3.05) is 24.3 Å². The van der Waals surface area contributed by atoms with Crippen molar-refractivity contribution >= 4 is 11.6 Å². The van der Waals surface area contributed by atoms with Gasteiger partial charge in [0.05, 0.1) is 0 Å². The van der Waals surface area contributed by atoms with Crippen molar-refractivity contribution in [2.24, 2.45) is 0 Å². The molecule has 0 saturated heterocycles. The Morgan fingerprint density at radius 3 is 2.32 bits per heavy atom. The molecule has 5 heteroatoms. The average molecular weight is 266 g/mol. The predicted molar refractivity (Wildman–Crippen MR) is 79.5 cm³/mol. The van der Waals surface area contributed by atoms with Crippen molar-refractivity contribution in [2.45, 2.75) is 52.7 Å². The Morgan fingerprint density at radius 2 is 1.79 bits per heavy atom. The lowest BCUT2D eigenvalue weighted by Gasteiger charge is -2.29. The Bertz CT molecular complexity index is 391. The van der Waals surface area contributed by atoms with E-state index in [-0.39, 0.29) is 5.54 Å². The first-order valence-corrected chi connectivity index (χ1v) is 6.98. The topological polar surface area (TPSA) is 59.1 Å². The van der Waals surface area contributed by atoms with Gasteiger partial charge in [0, 0.05) is 25.3 Å². The number of hydrogen-bond donors (Lipinski definition) is 2. The zero-order valence-corrected chi connectivity index (χ0v) is 12.7. The van der Waals surface area contributed by atoms with Crippen LogP contribution < -0.4 is 10.6 Å². The lowest BCUT2D eigenvalue weighted by Crippen LogP contribution is -2.33. The maximum Gasteiger partial charge on any atom is 0.158 e. The fourth-order valence-corrected chi connectivity index (χ4v) is 1.68. The number of hydrogen-bond acceptors (Lipinski definition) is 5. The molecule has 19 heavy (non-hydrogen) atoms. The molecule has 0 amide bonds. The van der Waals surface area contributed by atoms with E-state index >= 15 is 0 Å². The first-order chi connectivity index (χ1) is 9.06. The molecule has 0 fully saturated rings. The summed E-state index contributed by atoms with van der Waals surface area (Å²) in [5, 5.41) is 6.56. The molecule has 5 nitrogen and oxygen atoms in total. The molecule has 108 valence electrons. The monoisotopic (exact) mass is 266 g/mol. The minimum absolute atomic E-state index is 0.0578. The molecule has 0 radical (unpaired) electrons. The van der Waals surface area contributed by atoms with Gasteiger partial charge in [-0.15, -0.1) is 0 Å². The molecule has 1 aromatic rings. The number of ether oxygens (including phenoxy) is 1. The highest BCUT2D eigenvalue weighted by atomic mass is 16.5. The third-order valence-electron chi connectivity index (χ3n) is 3.45. The van der Waals surface area contributed by atoms with Crippen LogP contribution in [-0.4, -0.2) is 29.2 Å². The number of anilines is 2. The molecular weight excluding hydrogens is 240 g/mol. The van der Waals surface area contributed by atoms with E-state index in [4.69, 9.17) is 4.74 Å². The zero-order chi connectivity index (χ0) is 14.3. The van der Waals surface area contributed by atoms with Gasteiger partial charge < -0.3 is 15.4 Å². The average Bonchev–Trinajstić information content (AvgIpc) is 2.44. The molecule has 1 aromatic heterocycles. The van der Waals surface area contributed by atoms with Crippen LogP contribution in [0.5, 0.6) is 0 Å². The highest BCUT2D eigenvalue weighted by Gasteiger charge is 2.20. The van der Waals surface area contributed by atoms with Crippen LogP contribution in [0.15, 0.2) is 6.07 Å². The Balaban J connectivity index is 2.92. The van der Waals surface area contributed by atoms with Crippen LogP contribution in [0, 0.1) is 0 Å². The number of aromatic nitrogens is 2. The number of nitrogens with one attached hydrogen (secondary N) is 2. The maximum absolute atomic E-state index is 5.38. The van der Waals surface area contributed by atoms with Gasteiger partial charge in [-0.05, 0) is 26.7 Å². The van der Waals surface area contributed by atoms with Gasteiger partial charge in [-0.25, -0.2) is 9.97 Å². The van der Waals surface area contributed by atoms with E-state index in [0.29, 0.717) is 19.0 Å². The van der Waals surface area contributed by atoms with Crippen LogP contribution >= 0.6 is 0 Å². The Morgan fingerprint density at radius 1 is 1.16 bits per heavy atom. The summed E-state index contributed by atoms with van der Waals surface area (Å²) in [6.07, 6.45) is 2.09. The summed E-state index contributed by atoms with van der Waals surface area (Å²) in [7, 11) is 1.86. The third-order valence-corrected chi connectivity index (χ3v) is 3.45. The van der Waals surface area contributed by atoms with Crippen molar-refractivity contribution in [3.05, 3.63) is 11.9 Å². The Hall–Kier alpha value is -1.36. The van der Waals surface area contributed by atoms with Crippen molar-refractivity contribution in [1.82, 2.24) is 9.97 Å². The van der Waals surface area contributed by atoms with E-state index in [1.54, 1.807) is 0 Å². The summed E-state index contributed by atoms with van der Waals surface area (Å²) >= 11 is 0. The van der Waals surface area contributed by atoms with Crippen LogP contribution in [-0.2, 0) is 11.3 Å². The minimum Gasteiger partial charge on any atom is -0.374 e. The van der Waals surface area contributed by atoms with Gasteiger partial charge in [0.1, 0.15) is 18.2 Å². The lowest BCUT2D eigenvalue weighted by molar-refractivity contribution is 0.128. The van der Waals surface area contributed by atoms with E-state index in [0.717, 1.165) is 24.5 Å². The second-order valence-corrected chi connectivity index (χ2v) is 4.83. The lowest BCUT2D eigenvalue weighted by atomic mass is 9.96. The Kier molecular flexibility index (Phi) is 6.02. The molecule has 0 aliphatic rings. The molecule has 0 atom stereocenters. The van der Waals surface area contributed by atoms with E-state index in [2.05, 4.69) is 41.4 Å². The second-order valence-electron chi connectivity index (χ2n) is 4.83. The van der Waals surface area contributed by atoms with Crippen molar-refractivity contribution in [3.63, 3.8) is 0 Å². The van der Waals surface area contributed by atoms with Gasteiger partial charge in [-0.2, -0.15) is 0 Å². The normalized spacial score (nSPS) is 11.4. The fourth-order valence-electron chi connectivity index (χ4n) is 1.68. The van der Waals surface area contributed by atoms with Gasteiger partial charge in [0.15, 0.2) is 5.82 Å². The van der Waals surface area contributed by atoms with E-state index < -0.39 is 0 Å². The summed E-state index contributed by atoms with van der Waals surface area (Å²) in [6, 6.07) is 1.93. The fraction of sp³-hybridized carbons (Fsp3) is 0.714. The second kappa shape index (κ2) is 7.28. The molecular formula is C14H26N4O. The molecule has 0 aromatic carbocycles. The molecule has 0 saturated carbocycles. The smallest absolute Gasteiger partial charge is 0.158 e. The predicted octanol–water partition coefficient (Wildman–Crippen LogP) is 3.05. The van der Waals surface area contributed by atoms with Gasteiger partial charge in [0.2, 0.25) is 0 Å². The van der Waals surface area contributed by atoms with Crippen LogP contribution in [0.4, 0.5) is 11.6 Å². The summed E-state index contributed by atoms with van der Waals surface area (Å²) < 4.78 is 5.38. The van der Waals surface area contributed by atoms with Crippen LogP contribution in [0.25, 0.3) is 0 Å². The molecule has 1 rings (SSSR count). The summed E-state index contributed by atoms with van der Waals surface area (Å²) in [5.41, 5.74) is 0.0578. The van der Waals surface area contributed by atoms with E-state index in [1.165, 1.54) is 0 Å².